The number of hydrogen-bond acceptors (Lipinski definition) is 5. The lowest BCUT2D eigenvalue weighted by Gasteiger charge is -1.93. The number of fused-ring (bicyclic) bond motifs is 1. The summed E-state index contributed by atoms with van der Waals surface area (Å²) in [5.74, 6) is -0.110. The van der Waals surface area contributed by atoms with Crippen LogP contribution in [0.25, 0.3) is 11.0 Å². The third-order valence-corrected chi connectivity index (χ3v) is 3.96. The fraction of sp³-hybridized carbons (Fsp3) is 0.200. The van der Waals surface area contributed by atoms with Crippen LogP contribution in [0.15, 0.2) is 33.8 Å². The Morgan fingerprint density at radius 2 is 2.12 bits per heavy atom. The lowest BCUT2D eigenvalue weighted by molar-refractivity contribution is -0.383. The van der Waals surface area contributed by atoms with Crippen molar-refractivity contribution in [2.75, 3.05) is 5.75 Å². The van der Waals surface area contributed by atoms with Crippen LogP contribution in [-0.2, 0) is 9.84 Å². The molecule has 0 saturated heterocycles. The van der Waals surface area contributed by atoms with Crippen molar-refractivity contribution in [3.63, 3.8) is 0 Å². The molecule has 2 rings (SSSR count). The van der Waals surface area contributed by atoms with Crippen LogP contribution < -0.4 is 0 Å². The van der Waals surface area contributed by atoms with Crippen LogP contribution in [0.4, 0.5) is 5.69 Å². The minimum atomic E-state index is -3.49. The molecule has 0 unspecified atom stereocenters. The summed E-state index contributed by atoms with van der Waals surface area (Å²) < 4.78 is 28.3. The molecule has 0 fully saturated rings. The van der Waals surface area contributed by atoms with Gasteiger partial charge in [0.05, 0.1) is 10.7 Å². The Labute approximate surface area is 96.9 Å². The highest BCUT2D eigenvalue weighted by Gasteiger charge is 2.22. The lowest BCUT2D eigenvalue weighted by Crippen LogP contribution is -2.01. The van der Waals surface area contributed by atoms with E-state index < -0.39 is 14.8 Å². The molecule has 0 atom stereocenters. The van der Waals surface area contributed by atoms with Gasteiger partial charge in [-0.3, -0.25) is 10.1 Å². The van der Waals surface area contributed by atoms with Crippen LogP contribution in [0, 0.1) is 10.1 Å². The Hall–Kier alpha value is -1.89. The van der Waals surface area contributed by atoms with Gasteiger partial charge < -0.3 is 4.42 Å². The first-order chi connectivity index (χ1) is 7.95. The van der Waals surface area contributed by atoms with E-state index in [-0.39, 0.29) is 22.1 Å². The number of non-ortho nitro benzene ring substituents is 1. The van der Waals surface area contributed by atoms with Gasteiger partial charge in [0.25, 0.3) is 0 Å². The number of nitro benzene ring substituents is 1. The maximum absolute atomic E-state index is 11.6. The Balaban J connectivity index is 2.75. The second kappa shape index (κ2) is 3.85. The minimum Gasteiger partial charge on any atom is -0.437 e. The molecule has 0 bridgehead atoms. The zero-order valence-electron chi connectivity index (χ0n) is 8.91. The van der Waals surface area contributed by atoms with Gasteiger partial charge in [-0.25, -0.2) is 8.42 Å². The van der Waals surface area contributed by atoms with Crippen molar-refractivity contribution in [3.05, 3.63) is 34.4 Å². The lowest BCUT2D eigenvalue weighted by atomic mass is 10.2. The summed E-state index contributed by atoms with van der Waals surface area (Å²) in [5, 5.41) is 10.9. The first kappa shape index (κ1) is 11.6. The van der Waals surface area contributed by atoms with Gasteiger partial charge in [0.1, 0.15) is 0 Å². The van der Waals surface area contributed by atoms with E-state index in [9.17, 15) is 18.5 Å². The molecule has 90 valence electrons. The molecule has 7 heteroatoms. The number of rotatable bonds is 3. The van der Waals surface area contributed by atoms with Crippen molar-refractivity contribution in [1.82, 2.24) is 0 Å². The van der Waals surface area contributed by atoms with Gasteiger partial charge in [-0.2, -0.15) is 0 Å². The van der Waals surface area contributed by atoms with Crippen LogP contribution in [0.5, 0.6) is 0 Å². The average Bonchev–Trinajstić information content (AvgIpc) is 2.72. The summed E-state index contributed by atoms with van der Waals surface area (Å²) in [4.78, 5) is 10.1. The fourth-order valence-corrected chi connectivity index (χ4v) is 2.26. The number of nitrogens with zero attached hydrogens (tertiary/aromatic N) is 1. The Morgan fingerprint density at radius 1 is 1.41 bits per heavy atom. The predicted molar refractivity (Wildman–Crippen MR) is 60.6 cm³/mol. The highest BCUT2D eigenvalue weighted by atomic mass is 32.2. The Morgan fingerprint density at radius 3 is 2.71 bits per heavy atom. The van der Waals surface area contributed by atoms with Gasteiger partial charge in [-0.1, -0.05) is 19.1 Å². The van der Waals surface area contributed by atoms with Gasteiger partial charge >= 0.3 is 5.69 Å². The fourth-order valence-electron chi connectivity index (χ4n) is 1.46. The summed E-state index contributed by atoms with van der Waals surface area (Å²) >= 11 is 0. The van der Waals surface area contributed by atoms with Gasteiger partial charge in [-0.05, 0) is 0 Å². The molecule has 0 saturated carbocycles. The summed E-state index contributed by atoms with van der Waals surface area (Å²) in [6.45, 7) is 1.48. The van der Waals surface area contributed by atoms with Crippen molar-refractivity contribution >= 4 is 26.5 Å². The van der Waals surface area contributed by atoms with Crippen LogP contribution in [-0.4, -0.2) is 19.1 Å². The smallest absolute Gasteiger partial charge is 0.312 e. The molecule has 2 aromatic rings. The minimum absolute atomic E-state index is 0.00970. The number of benzene rings is 1. The predicted octanol–water partition coefficient (Wildman–Crippen LogP) is 2.13. The number of nitro groups is 1. The highest BCUT2D eigenvalue weighted by molar-refractivity contribution is 7.91. The largest absolute Gasteiger partial charge is 0.437 e. The average molecular weight is 255 g/mol. The van der Waals surface area contributed by atoms with E-state index in [1.807, 2.05) is 0 Å². The molecule has 0 aliphatic rings. The van der Waals surface area contributed by atoms with E-state index >= 15 is 0 Å². The standard InChI is InChI=1S/C10H9NO5S/c1-2-17(14,15)9-6-7-4-3-5-8(11(12)13)10(7)16-9/h3-6H,2H2,1H3. The molecule has 0 radical (unpaired) electrons. The summed E-state index contributed by atoms with van der Waals surface area (Å²) in [6, 6.07) is 5.63. The first-order valence-electron chi connectivity index (χ1n) is 4.85. The zero-order chi connectivity index (χ0) is 12.6. The number of furan rings is 1. The topological polar surface area (TPSA) is 90.4 Å². The summed E-state index contributed by atoms with van der Waals surface area (Å²) in [6.07, 6.45) is 0. The van der Waals surface area contributed by atoms with E-state index in [1.165, 1.54) is 25.1 Å². The van der Waals surface area contributed by atoms with E-state index in [1.54, 1.807) is 6.07 Å². The molecule has 0 aliphatic heterocycles. The third-order valence-electron chi connectivity index (χ3n) is 2.38. The third kappa shape index (κ3) is 1.89. The summed E-state index contributed by atoms with van der Waals surface area (Å²) in [5.41, 5.74) is -0.246. The second-order valence-electron chi connectivity index (χ2n) is 3.42. The molecule has 1 aromatic heterocycles. The van der Waals surface area contributed by atoms with Crippen LogP contribution in [0.3, 0.4) is 0 Å². The zero-order valence-corrected chi connectivity index (χ0v) is 9.73. The van der Waals surface area contributed by atoms with Gasteiger partial charge in [0.15, 0.2) is 0 Å². The van der Waals surface area contributed by atoms with Crippen molar-refractivity contribution in [2.24, 2.45) is 0 Å². The molecule has 0 N–H and O–H groups in total. The van der Waals surface area contributed by atoms with Crippen LogP contribution in [0.2, 0.25) is 0 Å². The van der Waals surface area contributed by atoms with E-state index in [2.05, 4.69) is 0 Å². The van der Waals surface area contributed by atoms with Crippen LogP contribution >= 0.6 is 0 Å². The van der Waals surface area contributed by atoms with Crippen molar-refractivity contribution in [3.8, 4) is 0 Å². The molecule has 0 aliphatic carbocycles. The first-order valence-corrected chi connectivity index (χ1v) is 6.50. The van der Waals surface area contributed by atoms with Gasteiger partial charge in [0, 0.05) is 17.5 Å². The Kier molecular flexibility index (Phi) is 2.62. The van der Waals surface area contributed by atoms with Gasteiger partial charge in [0.2, 0.25) is 20.5 Å². The van der Waals surface area contributed by atoms with Gasteiger partial charge in [-0.15, -0.1) is 0 Å². The molecule has 17 heavy (non-hydrogen) atoms. The maximum Gasteiger partial charge on any atom is 0.312 e. The number of sulfone groups is 1. The number of hydrogen-bond donors (Lipinski definition) is 0. The highest BCUT2D eigenvalue weighted by Crippen LogP contribution is 2.30. The van der Waals surface area contributed by atoms with Crippen molar-refractivity contribution in [2.45, 2.75) is 12.0 Å². The normalized spacial score (nSPS) is 11.8. The van der Waals surface area contributed by atoms with Crippen molar-refractivity contribution in [1.29, 1.82) is 0 Å². The molecular formula is C10H9NO5S. The maximum atomic E-state index is 11.6. The molecule has 0 spiro atoms. The monoisotopic (exact) mass is 255 g/mol. The molecule has 6 nitrogen and oxygen atoms in total. The number of para-hydroxylation sites is 1. The van der Waals surface area contributed by atoms with Crippen molar-refractivity contribution < 1.29 is 17.8 Å². The molecule has 1 aromatic carbocycles. The molecule has 0 amide bonds. The van der Waals surface area contributed by atoms with E-state index in [0.29, 0.717) is 5.39 Å². The summed E-state index contributed by atoms with van der Waals surface area (Å²) in [7, 11) is -3.49. The molecule has 1 heterocycles. The Bertz CT molecular complexity index is 686. The van der Waals surface area contributed by atoms with E-state index in [4.69, 9.17) is 4.42 Å². The van der Waals surface area contributed by atoms with Crippen LogP contribution in [0.1, 0.15) is 6.92 Å². The van der Waals surface area contributed by atoms with E-state index in [0.717, 1.165) is 0 Å². The second-order valence-corrected chi connectivity index (χ2v) is 5.63. The SMILES string of the molecule is CCS(=O)(=O)c1cc2cccc([N+](=O)[O-])c2o1. The quantitative estimate of drug-likeness (QED) is 0.619. The molecular weight excluding hydrogens is 246 g/mol.